The van der Waals surface area contributed by atoms with Gasteiger partial charge in [-0.1, -0.05) is 19.1 Å². The monoisotopic (exact) mass is 340 g/mol. The highest BCUT2D eigenvalue weighted by Crippen LogP contribution is 2.43. The second-order valence-corrected chi connectivity index (χ2v) is 6.73. The molecule has 4 rings (SSSR count). The third kappa shape index (κ3) is 3.34. The SMILES string of the molecule is CCN1CCN(CCN2c3ccccc3Nc3ccc(F)cc32)CC1. The molecule has 4 nitrogen and oxygen atoms in total. The predicted octanol–water partition coefficient (Wildman–Crippen LogP) is 3.66. The van der Waals surface area contributed by atoms with Crippen LogP contribution in [0.2, 0.25) is 0 Å². The number of nitrogens with one attached hydrogen (secondary N) is 1. The molecule has 0 unspecified atom stereocenters. The molecule has 5 heteroatoms. The highest BCUT2D eigenvalue weighted by atomic mass is 19.1. The molecule has 25 heavy (non-hydrogen) atoms. The van der Waals surface area contributed by atoms with Gasteiger partial charge in [0.25, 0.3) is 0 Å². The number of likely N-dealkylation sites (N-methyl/N-ethyl adjacent to an activating group) is 1. The van der Waals surface area contributed by atoms with Gasteiger partial charge in [-0.3, -0.25) is 4.90 Å². The minimum absolute atomic E-state index is 0.193. The first-order chi connectivity index (χ1) is 12.2. The van der Waals surface area contributed by atoms with Gasteiger partial charge in [-0.05, 0) is 36.9 Å². The maximum absolute atomic E-state index is 13.9. The Balaban J connectivity index is 1.53. The Morgan fingerprint density at radius 2 is 1.60 bits per heavy atom. The van der Waals surface area contributed by atoms with Crippen molar-refractivity contribution in [3.63, 3.8) is 0 Å². The van der Waals surface area contributed by atoms with Gasteiger partial charge in [-0.15, -0.1) is 0 Å². The molecule has 0 amide bonds. The molecular formula is C20H25FN4. The second kappa shape index (κ2) is 7.02. The lowest BCUT2D eigenvalue weighted by molar-refractivity contribution is 0.140. The molecule has 2 aromatic rings. The number of benzene rings is 2. The van der Waals surface area contributed by atoms with Crippen LogP contribution in [-0.2, 0) is 0 Å². The van der Waals surface area contributed by atoms with Crippen molar-refractivity contribution in [3.05, 3.63) is 48.3 Å². The number of rotatable bonds is 4. The number of halogens is 1. The molecule has 2 aromatic carbocycles. The molecule has 0 atom stereocenters. The van der Waals surface area contributed by atoms with Crippen molar-refractivity contribution >= 4 is 22.7 Å². The van der Waals surface area contributed by atoms with Crippen LogP contribution in [0.1, 0.15) is 6.92 Å². The van der Waals surface area contributed by atoms with Crippen molar-refractivity contribution in [2.75, 3.05) is 56.0 Å². The van der Waals surface area contributed by atoms with Crippen LogP contribution in [0.3, 0.4) is 0 Å². The van der Waals surface area contributed by atoms with E-state index in [0.717, 1.165) is 68.6 Å². The van der Waals surface area contributed by atoms with Crippen LogP contribution in [0.4, 0.5) is 27.1 Å². The van der Waals surface area contributed by atoms with Crippen LogP contribution in [-0.4, -0.2) is 55.6 Å². The van der Waals surface area contributed by atoms with Crippen molar-refractivity contribution in [2.45, 2.75) is 6.92 Å². The zero-order valence-electron chi connectivity index (χ0n) is 14.7. The number of para-hydroxylation sites is 2. The highest BCUT2D eigenvalue weighted by molar-refractivity contribution is 5.91. The minimum Gasteiger partial charge on any atom is -0.352 e. The van der Waals surface area contributed by atoms with E-state index in [1.165, 1.54) is 6.07 Å². The molecule has 2 heterocycles. The normalized spacial score (nSPS) is 17.8. The molecule has 0 aromatic heterocycles. The van der Waals surface area contributed by atoms with Crippen LogP contribution in [0.5, 0.6) is 0 Å². The summed E-state index contributed by atoms with van der Waals surface area (Å²) in [7, 11) is 0. The first-order valence-corrected chi connectivity index (χ1v) is 9.12. The van der Waals surface area contributed by atoms with Gasteiger partial charge in [-0.2, -0.15) is 0 Å². The van der Waals surface area contributed by atoms with Gasteiger partial charge in [0.2, 0.25) is 0 Å². The Bertz CT molecular complexity index is 740. The Morgan fingerprint density at radius 3 is 2.40 bits per heavy atom. The third-order valence-corrected chi connectivity index (χ3v) is 5.27. The molecule has 132 valence electrons. The molecule has 2 aliphatic heterocycles. The first kappa shape index (κ1) is 16.4. The lowest BCUT2D eigenvalue weighted by atomic mass is 10.1. The van der Waals surface area contributed by atoms with E-state index < -0.39 is 0 Å². The van der Waals surface area contributed by atoms with Gasteiger partial charge in [-0.25, -0.2) is 4.39 Å². The van der Waals surface area contributed by atoms with E-state index >= 15 is 0 Å². The van der Waals surface area contributed by atoms with E-state index in [2.05, 4.69) is 39.1 Å². The van der Waals surface area contributed by atoms with Crippen LogP contribution < -0.4 is 10.2 Å². The number of nitrogens with zero attached hydrogens (tertiary/aromatic N) is 3. The summed E-state index contributed by atoms with van der Waals surface area (Å²) in [5, 5.41) is 3.42. The maximum atomic E-state index is 13.9. The molecular weight excluding hydrogens is 315 g/mol. The highest BCUT2D eigenvalue weighted by Gasteiger charge is 2.24. The van der Waals surface area contributed by atoms with Gasteiger partial charge in [0.05, 0.1) is 22.7 Å². The summed E-state index contributed by atoms with van der Waals surface area (Å²) >= 11 is 0. The standard InChI is InChI=1S/C20H25FN4/c1-2-23-9-11-24(12-10-23)13-14-25-19-6-4-3-5-17(19)22-18-8-7-16(21)15-20(18)25/h3-8,15,22H,2,9-14H2,1H3. The molecule has 0 saturated carbocycles. The van der Waals surface area contributed by atoms with Crippen molar-refractivity contribution in [1.29, 1.82) is 0 Å². The van der Waals surface area contributed by atoms with Crippen LogP contribution >= 0.6 is 0 Å². The summed E-state index contributed by atoms with van der Waals surface area (Å²) in [6.45, 7) is 9.70. The van der Waals surface area contributed by atoms with Crippen LogP contribution in [0, 0.1) is 5.82 Å². The number of fused-ring (bicyclic) bond motifs is 2. The van der Waals surface area contributed by atoms with Crippen molar-refractivity contribution in [2.24, 2.45) is 0 Å². The number of hydrogen-bond acceptors (Lipinski definition) is 4. The quantitative estimate of drug-likeness (QED) is 0.917. The Hall–Kier alpha value is -2.11. The molecule has 1 fully saturated rings. The third-order valence-electron chi connectivity index (χ3n) is 5.27. The molecule has 1 N–H and O–H groups in total. The fourth-order valence-electron chi connectivity index (χ4n) is 3.73. The van der Waals surface area contributed by atoms with Gasteiger partial charge in [0, 0.05) is 39.3 Å². The van der Waals surface area contributed by atoms with E-state index in [9.17, 15) is 4.39 Å². The van der Waals surface area contributed by atoms with Crippen LogP contribution in [0.25, 0.3) is 0 Å². The molecule has 0 radical (unpaired) electrons. The zero-order valence-corrected chi connectivity index (χ0v) is 14.7. The molecule has 0 aliphatic carbocycles. The van der Waals surface area contributed by atoms with Gasteiger partial charge >= 0.3 is 0 Å². The molecule has 0 bridgehead atoms. The first-order valence-electron chi connectivity index (χ1n) is 9.12. The Morgan fingerprint density at radius 1 is 0.880 bits per heavy atom. The number of piperazine rings is 1. The minimum atomic E-state index is -0.193. The average Bonchev–Trinajstić information content (AvgIpc) is 2.66. The molecule has 2 aliphatic rings. The van der Waals surface area contributed by atoms with Crippen molar-refractivity contribution in [1.82, 2.24) is 9.80 Å². The van der Waals surface area contributed by atoms with Crippen molar-refractivity contribution in [3.8, 4) is 0 Å². The van der Waals surface area contributed by atoms with E-state index in [1.807, 2.05) is 18.2 Å². The van der Waals surface area contributed by atoms with Gasteiger partial charge < -0.3 is 15.1 Å². The summed E-state index contributed by atoms with van der Waals surface area (Å²) in [6, 6.07) is 13.2. The van der Waals surface area contributed by atoms with Gasteiger partial charge in [0.1, 0.15) is 5.82 Å². The summed E-state index contributed by atoms with van der Waals surface area (Å²) in [4.78, 5) is 7.24. The zero-order chi connectivity index (χ0) is 17.2. The Labute approximate surface area is 148 Å². The summed E-state index contributed by atoms with van der Waals surface area (Å²) in [5.41, 5.74) is 4.09. The lowest BCUT2D eigenvalue weighted by Gasteiger charge is -2.38. The van der Waals surface area contributed by atoms with Crippen molar-refractivity contribution < 1.29 is 4.39 Å². The fraction of sp³-hybridized carbons (Fsp3) is 0.400. The summed E-state index contributed by atoms with van der Waals surface area (Å²) in [6.07, 6.45) is 0. The lowest BCUT2D eigenvalue weighted by Crippen LogP contribution is -2.48. The predicted molar refractivity (Wildman–Crippen MR) is 102 cm³/mol. The number of anilines is 4. The summed E-state index contributed by atoms with van der Waals surface area (Å²) in [5.74, 6) is -0.193. The average molecular weight is 340 g/mol. The largest absolute Gasteiger partial charge is 0.352 e. The fourth-order valence-corrected chi connectivity index (χ4v) is 3.73. The van der Waals surface area contributed by atoms with E-state index in [1.54, 1.807) is 6.07 Å². The summed E-state index contributed by atoms with van der Waals surface area (Å²) < 4.78 is 13.9. The van der Waals surface area contributed by atoms with Crippen LogP contribution in [0.15, 0.2) is 42.5 Å². The van der Waals surface area contributed by atoms with Gasteiger partial charge in [0.15, 0.2) is 0 Å². The molecule has 1 saturated heterocycles. The topological polar surface area (TPSA) is 21.8 Å². The van der Waals surface area contributed by atoms with E-state index in [-0.39, 0.29) is 5.82 Å². The smallest absolute Gasteiger partial charge is 0.125 e. The molecule has 0 spiro atoms. The second-order valence-electron chi connectivity index (χ2n) is 6.73. The van der Waals surface area contributed by atoms with E-state index in [0.29, 0.717) is 0 Å². The van der Waals surface area contributed by atoms with E-state index in [4.69, 9.17) is 0 Å². The number of hydrogen-bond donors (Lipinski definition) is 1. The maximum Gasteiger partial charge on any atom is 0.125 e. The Kier molecular flexibility index (Phi) is 4.59.